The van der Waals surface area contributed by atoms with Gasteiger partial charge in [0.1, 0.15) is 12.0 Å². The van der Waals surface area contributed by atoms with Crippen LogP contribution in [0.3, 0.4) is 0 Å². The molecule has 3 N–H and O–H groups in total. The van der Waals surface area contributed by atoms with E-state index < -0.39 is 5.92 Å². The van der Waals surface area contributed by atoms with Gasteiger partial charge in [0.25, 0.3) is 0 Å². The highest BCUT2D eigenvalue weighted by Crippen LogP contribution is 2.39. The topological polar surface area (TPSA) is 92.1 Å². The molecule has 0 radical (unpaired) electrons. The lowest BCUT2D eigenvalue weighted by Crippen LogP contribution is -2.39. The van der Waals surface area contributed by atoms with Crippen molar-refractivity contribution in [2.45, 2.75) is 18.9 Å². The van der Waals surface area contributed by atoms with Gasteiger partial charge in [-0.1, -0.05) is 30.8 Å². The highest BCUT2D eigenvalue weighted by Gasteiger charge is 2.40. The van der Waals surface area contributed by atoms with Crippen LogP contribution in [0, 0.1) is 5.92 Å². The molecule has 1 amide bonds. The molecule has 28 heavy (non-hydrogen) atoms. The zero-order valence-corrected chi connectivity index (χ0v) is 16.0. The minimum absolute atomic E-state index is 0.0838. The third-order valence-electron chi connectivity index (χ3n) is 4.62. The number of hydrogen-bond acceptors (Lipinski definition) is 6. The molecular weight excluding hydrogens is 374 g/mol. The molecular formula is C20H21N5O2S. The Kier molecular flexibility index (Phi) is 5.23. The van der Waals surface area contributed by atoms with Crippen LogP contribution in [0.1, 0.15) is 23.2 Å². The van der Waals surface area contributed by atoms with Crippen molar-refractivity contribution in [3.05, 3.63) is 70.8 Å². The molecule has 1 aliphatic rings. The summed E-state index contributed by atoms with van der Waals surface area (Å²) in [5.74, 6) is 0.508. The zero-order chi connectivity index (χ0) is 19.5. The van der Waals surface area contributed by atoms with Gasteiger partial charge in [0.2, 0.25) is 11.9 Å². The van der Waals surface area contributed by atoms with E-state index in [0.717, 1.165) is 10.6 Å². The highest BCUT2D eigenvalue weighted by atomic mass is 32.1. The normalized spacial score (nSPS) is 18.4. The summed E-state index contributed by atoms with van der Waals surface area (Å²) in [7, 11) is 0. The van der Waals surface area contributed by atoms with E-state index in [1.807, 2.05) is 47.8 Å². The number of aromatic nitrogens is 3. The van der Waals surface area contributed by atoms with Crippen molar-refractivity contribution in [1.82, 2.24) is 14.8 Å². The van der Waals surface area contributed by atoms with Crippen LogP contribution in [0.5, 0.6) is 0 Å². The number of fused-ring (bicyclic) bond motifs is 1. The Morgan fingerprint density at radius 2 is 2.11 bits per heavy atom. The molecule has 0 fully saturated rings. The predicted octanol–water partition coefficient (Wildman–Crippen LogP) is 3.05. The molecule has 3 aromatic rings. The van der Waals surface area contributed by atoms with Gasteiger partial charge in [0.15, 0.2) is 5.82 Å². The molecule has 0 saturated heterocycles. The molecule has 1 aliphatic heterocycles. The van der Waals surface area contributed by atoms with Gasteiger partial charge in [0.05, 0.1) is 0 Å². The Morgan fingerprint density at radius 1 is 1.29 bits per heavy atom. The fourth-order valence-electron chi connectivity index (χ4n) is 3.33. The van der Waals surface area contributed by atoms with E-state index in [4.69, 9.17) is 5.11 Å². The summed E-state index contributed by atoms with van der Waals surface area (Å²) in [4.78, 5) is 18.7. The molecule has 1 aromatic carbocycles. The van der Waals surface area contributed by atoms with Crippen molar-refractivity contribution in [3.8, 4) is 0 Å². The summed E-state index contributed by atoms with van der Waals surface area (Å²) in [5, 5.41) is 21.8. The van der Waals surface area contributed by atoms with Crippen molar-refractivity contribution in [2.75, 3.05) is 17.2 Å². The number of hydrogen-bond donors (Lipinski definition) is 3. The third kappa shape index (κ3) is 3.56. The largest absolute Gasteiger partial charge is 0.396 e. The summed E-state index contributed by atoms with van der Waals surface area (Å²) in [5.41, 5.74) is 1.32. The molecule has 0 aliphatic carbocycles. The van der Waals surface area contributed by atoms with Gasteiger partial charge in [-0.25, -0.2) is 4.68 Å². The van der Waals surface area contributed by atoms with E-state index in [9.17, 15) is 4.79 Å². The van der Waals surface area contributed by atoms with Crippen LogP contribution in [0.25, 0.3) is 0 Å². The van der Waals surface area contributed by atoms with Crippen LogP contribution < -0.4 is 10.6 Å². The Bertz CT molecular complexity index is 968. The van der Waals surface area contributed by atoms with Crippen molar-refractivity contribution >= 4 is 28.9 Å². The number of thiophene rings is 1. The molecule has 2 aromatic heterocycles. The number of nitrogens with one attached hydrogen (secondary N) is 2. The Morgan fingerprint density at radius 3 is 2.82 bits per heavy atom. The average Bonchev–Trinajstić information content (AvgIpc) is 3.35. The molecule has 4 rings (SSSR count). The lowest BCUT2D eigenvalue weighted by Gasteiger charge is -2.32. The molecule has 7 nitrogen and oxygen atoms in total. The minimum atomic E-state index is -0.543. The van der Waals surface area contributed by atoms with Crippen molar-refractivity contribution in [3.63, 3.8) is 0 Å². The van der Waals surface area contributed by atoms with E-state index >= 15 is 0 Å². The molecule has 8 heteroatoms. The van der Waals surface area contributed by atoms with Crippen LogP contribution in [0.15, 0.2) is 60.1 Å². The average molecular weight is 395 g/mol. The quantitative estimate of drug-likeness (QED) is 0.597. The van der Waals surface area contributed by atoms with Crippen LogP contribution >= 0.6 is 11.3 Å². The number of carbonyl (C=O) groups is 1. The van der Waals surface area contributed by atoms with Crippen molar-refractivity contribution < 1.29 is 9.90 Å². The molecule has 0 saturated carbocycles. The number of nitrogens with zero attached hydrogens (tertiary/aromatic N) is 3. The number of aryl methyl sites for hydroxylation is 1. The molecule has 2 unspecified atom stereocenters. The second-order valence-electron chi connectivity index (χ2n) is 6.57. The first-order valence-electron chi connectivity index (χ1n) is 9.09. The number of rotatable bonds is 6. The number of aliphatic hydroxyl groups is 1. The summed E-state index contributed by atoms with van der Waals surface area (Å²) >= 11 is 1.57. The van der Waals surface area contributed by atoms with E-state index in [-0.39, 0.29) is 18.6 Å². The molecule has 2 atom stereocenters. The fourth-order valence-corrected chi connectivity index (χ4v) is 4.18. The van der Waals surface area contributed by atoms with E-state index in [2.05, 4.69) is 27.3 Å². The van der Waals surface area contributed by atoms with Crippen molar-refractivity contribution in [2.24, 2.45) is 5.92 Å². The Hall–Kier alpha value is -2.97. The summed E-state index contributed by atoms with van der Waals surface area (Å²) in [6.45, 7) is 4.18. The Labute approximate surface area is 166 Å². The van der Waals surface area contributed by atoms with Gasteiger partial charge < -0.3 is 15.7 Å². The van der Waals surface area contributed by atoms with Gasteiger partial charge in [-0.15, -0.1) is 11.3 Å². The van der Waals surface area contributed by atoms with Gasteiger partial charge >= 0.3 is 0 Å². The minimum Gasteiger partial charge on any atom is -0.396 e. The van der Waals surface area contributed by atoms with E-state index in [1.165, 1.54) is 0 Å². The number of carbonyl (C=O) groups excluding carboxylic acids is 1. The van der Waals surface area contributed by atoms with Crippen LogP contribution in [-0.2, 0) is 11.2 Å². The lowest BCUT2D eigenvalue weighted by molar-refractivity contribution is -0.119. The molecule has 0 bridgehead atoms. The SMILES string of the molecule is C=C1Nc2nc(CCCO)nn2C(c2cccs2)C1C(=O)Nc1ccccc1. The smallest absolute Gasteiger partial charge is 0.235 e. The van der Waals surface area contributed by atoms with Gasteiger partial charge in [-0.05, 0) is 30.0 Å². The van der Waals surface area contributed by atoms with Gasteiger partial charge in [0, 0.05) is 29.3 Å². The molecule has 0 spiro atoms. The standard InChI is InChI=1S/C20H21N5O2S/c1-13-17(19(27)22-14-7-3-2-4-8-14)18(15-9-6-12-28-15)25-20(21-13)23-16(24-25)10-5-11-26/h2-4,6-9,12,17-18,26H,1,5,10-11H2,(H,22,27)(H,21,23,24). The number of para-hydroxylation sites is 1. The number of anilines is 2. The maximum atomic E-state index is 13.2. The number of benzene rings is 1. The van der Waals surface area contributed by atoms with E-state index in [1.54, 1.807) is 16.0 Å². The van der Waals surface area contributed by atoms with Crippen LogP contribution in [0.4, 0.5) is 11.6 Å². The predicted molar refractivity (Wildman–Crippen MR) is 109 cm³/mol. The fraction of sp³-hybridized carbons (Fsp3) is 0.250. The third-order valence-corrected chi connectivity index (χ3v) is 5.56. The van der Waals surface area contributed by atoms with Crippen molar-refractivity contribution in [1.29, 1.82) is 0 Å². The first kappa shape index (κ1) is 18.4. The maximum Gasteiger partial charge on any atom is 0.235 e. The number of aliphatic hydroxyl groups excluding tert-OH is 1. The second-order valence-corrected chi connectivity index (χ2v) is 7.55. The first-order valence-corrected chi connectivity index (χ1v) is 9.96. The number of amides is 1. The first-order chi connectivity index (χ1) is 13.7. The maximum absolute atomic E-state index is 13.2. The summed E-state index contributed by atoms with van der Waals surface area (Å²) < 4.78 is 1.77. The summed E-state index contributed by atoms with van der Waals surface area (Å²) in [6.07, 6.45) is 1.16. The monoisotopic (exact) mass is 395 g/mol. The zero-order valence-electron chi connectivity index (χ0n) is 15.2. The van der Waals surface area contributed by atoms with E-state index in [0.29, 0.717) is 30.3 Å². The van der Waals surface area contributed by atoms with Gasteiger partial charge in [-0.2, -0.15) is 10.1 Å². The lowest BCUT2D eigenvalue weighted by atomic mass is 9.92. The van der Waals surface area contributed by atoms with Crippen LogP contribution in [0.2, 0.25) is 0 Å². The van der Waals surface area contributed by atoms with Crippen LogP contribution in [-0.4, -0.2) is 32.4 Å². The summed E-state index contributed by atoms with van der Waals surface area (Å²) in [6, 6.07) is 13.0. The van der Waals surface area contributed by atoms with Gasteiger partial charge in [-0.3, -0.25) is 4.79 Å². The second kappa shape index (κ2) is 7.95. The highest BCUT2D eigenvalue weighted by molar-refractivity contribution is 7.10. The Balaban J connectivity index is 1.70. The molecule has 3 heterocycles. The molecule has 144 valence electrons.